The molecule has 0 unspecified atom stereocenters. The third kappa shape index (κ3) is 2.52. The van der Waals surface area contributed by atoms with Gasteiger partial charge >= 0.3 is 0 Å². The fourth-order valence-electron chi connectivity index (χ4n) is 3.54. The second-order valence-electron chi connectivity index (χ2n) is 6.59. The number of para-hydroxylation sites is 1. The zero-order chi connectivity index (χ0) is 14.9. The molecule has 4 nitrogen and oxygen atoms in total. The molecule has 1 aliphatic carbocycles. The number of amides is 1. The lowest BCUT2D eigenvalue weighted by Gasteiger charge is -2.38. The molecule has 0 bridgehead atoms. The molecule has 1 saturated carbocycles. The molecule has 22 heavy (non-hydrogen) atoms. The molecule has 0 spiro atoms. The molecular formula is C18H23N3O. The highest BCUT2D eigenvalue weighted by Gasteiger charge is 2.31. The van der Waals surface area contributed by atoms with E-state index >= 15 is 0 Å². The van der Waals surface area contributed by atoms with Gasteiger partial charge in [0.15, 0.2) is 0 Å². The van der Waals surface area contributed by atoms with E-state index < -0.39 is 0 Å². The number of benzene rings is 1. The molecule has 4 rings (SSSR count). The lowest BCUT2D eigenvalue weighted by Crippen LogP contribution is -2.50. The summed E-state index contributed by atoms with van der Waals surface area (Å²) in [6.45, 7) is 4.71. The van der Waals surface area contributed by atoms with Gasteiger partial charge in [-0.3, -0.25) is 9.69 Å². The van der Waals surface area contributed by atoms with Gasteiger partial charge < -0.3 is 9.88 Å². The Kier molecular flexibility index (Phi) is 3.62. The summed E-state index contributed by atoms with van der Waals surface area (Å²) >= 11 is 0. The van der Waals surface area contributed by atoms with Crippen LogP contribution in [-0.2, 0) is 11.3 Å². The second-order valence-corrected chi connectivity index (χ2v) is 6.59. The Hall–Kier alpha value is -1.81. The van der Waals surface area contributed by atoms with Crippen molar-refractivity contribution < 1.29 is 4.79 Å². The molecule has 1 aromatic carbocycles. The summed E-state index contributed by atoms with van der Waals surface area (Å²) in [6, 6.07) is 8.45. The van der Waals surface area contributed by atoms with Crippen molar-refractivity contribution in [2.24, 2.45) is 5.92 Å². The molecule has 1 N–H and O–H groups in total. The van der Waals surface area contributed by atoms with Crippen LogP contribution in [0.25, 0.3) is 10.9 Å². The predicted molar refractivity (Wildman–Crippen MR) is 87.5 cm³/mol. The van der Waals surface area contributed by atoms with Crippen LogP contribution in [0.15, 0.2) is 30.5 Å². The zero-order valence-electron chi connectivity index (χ0n) is 12.9. The number of nitrogens with one attached hydrogen (secondary N) is 1. The number of H-pyrrole nitrogens is 1. The van der Waals surface area contributed by atoms with Crippen molar-refractivity contribution in [3.8, 4) is 0 Å². The Morgan fingerprint density at radius 1 is 1.14 bits per heavy atom. The van der Waals surface area contributed by atoms with Crippen molar-refractivity contribution in [2.45, 2.75) is 25.8 Å². The number of hydrogen-bond donors (Lipinski definition) is 1. The first-order valence-electron chi connectivity index (χ1n) is 8.37. The summed E-state index contributed by atoms with van der Waals surface area (Å²) in [5.74, 6) is 0.734. The Balaban J connectivity index is 1.36. The number of carbonyl (C=O) groups excluding carboxylic acids is 1. The minimum absolute atomic E-state index is 0.333. The SMILES string of the molecule is O=C(C1CCC1)N1CCN(Cc2c[nH]c3ccccc23)CC1. The highest BCUT2D eigenvalue weighted by molar-refractivity contribution is 5.83. The summed E-state index contributed by atoms with van der Waals surface area (Å²) in [5, 5.41) is 1.32. The van der Waals surface area contributed by atoms with E-state index in [-0.39, 0.29) is 0 Å². The van der Waals surface area contributed by atoms with Crippen LogP contribution in [0, 0.1) is 5.92 Å². The fraction of sp³-hybridized carbons (Fsp3) is 0.500. The van der Waals surface area contributed by atoms with Crippen molar-refractivity contribution in [3.63, 3.8) is 0 Å². The van der Waals surface area contributed by atoms with Crippen molar-refractivity contribution in [1.29, 1.82) is 0 Å². The maximum Gasteiger partial charge on any atom is 0.225 e. The molecule has 1 aliphatic heterocycles. The second kappa shape index (κ2) is 5.76. The Morgan fingerprint density at radius 2 is 1.91 bits per heavy atom. The Morgan fingerprint density at radius 3 is 2.64 bits per heavy atom. The summed E-state index contributed by atoms with van der Waals surface area (Å²) in [5.41, 5.74) is 2.56. The van der Waals surface area contributed by atoms with Crippen molar-refractivity contribution in [1.82, 2.24) is 14.8 Å². The summed E-state index contributed by atoms with van der Waals surface area (Å²) in [6.07, 6.45) is 5.57. The van der Waals surface area contributed by atoms with Crippen molar-refractivity contribution in [3.05, 3.63) is 36.0 Å². The molecule has 116 valence electrons. The molecule has 2 fully saturated rings. The average molecular weight is 297 g/mol. The molecular weight excluding hydrogens is 274 g/mol. The molecule has 0 atom stereocenters. The largest absolute Gasteiger partial charge is 0.361 e. The minimum Gasteiger partial charge on any atom is -0.361 e. The third-order valence-corrected chi connectivity index (χ3v) is 5.21. The van der Waals surface area contributed by atoms with E-state index in [0.29, 0.717) is 11.8 Å². The number of piperazine rings is 1. The lowest BCUT2D eigenvalue weighted by atomic mass is 9.84. The number of hydrogen-bond acceptors (Lipinski definition) is 2. The van der Waals surface area contributed by atoms with E-state index in [1.54, 1.807) is 0 Å². The summed E-state index contributed by atoms with van der Waals surface area (Å²) in [4.78, 5) is 20.2. The van der Waals surface area contributed by atoms with Crippen LogP contribution < -0.4 is 0 Å². The van der Waals surface area contributed by atoms with Crippen LogP contribution in [0.3, 0.4) is 0 Å². The number of nitrogens with zero attached hydrogens (tertiary/aromatic N) is 2. The molecule has 1 aromatic heterocycles. The average Bonchev–Trinajstić information content (AvgIpc) is 2.90. The van der Waals surface area contributed by atoms with E-state index in [0.717, 1.165) is 45.6 Å². The molecule has 2 aromatic rings. The first kappa shape index (κ1) is 13.8. The van der Waals surface area contributed by atoms with Gasteiger partial charge in [-0.25, -0.2) is 0 Å². The van der Waals surface area contributed by atoms with E-state index in [2.05, 4.69) is 45.2 Å². The highest BCUT2D eigenvalue weighted by Crippen LogP contribution is 2.28. The monoisotopic (exact) mass is 297 g/mol. The smallest absolute Gasteiger partial charge is 0.225 e. The number of fused-ring (bicyclic) bond motifs is 1. The van der Waals surface area contributed by atoms with Crippen LogP contribution in [0.4, 0.5) is 0 Å². The normalized spacial score (nSPS) is 20.3. The standard InChI is InChI=1S/C18H23N3O/c22-18(14-4-3-5-14)21-10-8-20(9-11-21)13-15-12-19-17-7-2-1-6-16(15)17/h1-2,6-7,12,14,19H,3-5,8-11,13H2. The van der Waals surface area contributed by atoms with Crippen LogP contribution in [0.2, 0.25) is 0 Å². The Bertz CT molecular complexity index is 666. The van der Waals surface area contributed by atoms with Crippen LogP contribution >= 0.6 is 0 Å². The molecule has 2 aliphatic rings. The van der Waals surface area contributed by atoms with Crippen LogP contribution in [-0.4, -0.2) is 46.9 Å². The highest BCUT2D eigenvalue weighted by atomic mass is 16.2. The first-order valence-corrected chi connectivity index (χ1v) is 8.37. The van der Waals surface area contributed by atoms with Crippen molar-refractivity contribution in [2.75, 3.05) is 26.2 Å². The van der Waals surface area contributed by atoms with Gasteiger partial charge in [0, 0.05) is 55.7 Å². The van der Waals surface area contributed by atoms with Crippen LogP contribution in [0.5, 0.6) is 0 Å². The van der Waals surface area contributed by atoms with E-state index in [1.807, 2.05) is 0 Å². The lowest BCUT2D eigenvalue weighted by molar-refractivity contribution is -0.140. The summed E-state index contributed by atoms with van der Waals surface area (Å²) < 4.78 is 0. The molecule has 0 radical (unpaired) electrons. The van der Waals surface area contributed by atoms with Gasteiger partial charge in [0.1, 0.15) is 0 Å². The zero-order valence-corrected chi connectivity index (χ0v) is 12.9. The van der Waals surface area contributed by atoms with E-state index in [1.165, 1.54) is 22.9 Å². The minimum atomic E-state index is 0.333. The molecule has 1 saturated heterocycles. The van der Waals surface area contributed by atoms with Gasteiger partial charge in [-0.05, 0) is 24.5 Å². The van der Waals surface area contributed by atoms with Gasteiger partial charge in [-0.2, -0.15) is 0 Å². The number of aromatic amines is 1. The number of carbonyl (C=O) groups is 1. The topological polar surface area (TPSA) is 39.3 Å². The quantitative estimate of drug-likeness (QED) is 0.946. The van der Waals surface area contributed by atoms with Gasteiger partial charge in [0.2, 0.25) is 5.91 Å². The summed E-state index contributed by atoms with van der Waals surface area (Å²) in [7, 11) is 0. The molecule has 1 amide bonds. The van der Waals surface area contributed by atoms with Crippen molar-refractivity contribution >= 4 is 16.8 Å². The third-order valence-electron chi connectivity index (χ3n) is 5.21. The number of rotatable bonds is 3. The fourth-order valence-corrected chi connectivity index (χ4v) is 3.54. The predicted octanol–water partition coefficient (Wildman–Crippen LogP) is 2.61. The van der Waals surface area contributed by atoms with Gasteiger partial charge in [-0.1, -0.05) is 24.6 Å². The van der Waals surface area contributed by atoms with E-state index in [4.69, 9.17) is 0 Å². The van der Waals surface area contributed by atoms with Gasteiger partial charge in [-0.15, -0.1) is 0 Å². The molecule has 4 heteroatoms. The maximum atomic E-state index is 12.3. The van der Waals surface area contributed by atoms with E-state index in [9.17, 15) is 4.79 Å². The molecule has 2 heterocycles. The maximum absolute atomic E-state index is 12.3. The Labute approximate surface area is 131 Å². The van der Waals surface area contributed by atoms with Crippen LogP contribution in [0.1, 0.15) is 24.8 Å². The number of aromatic nitrogens is 1. The van der Waals surface area contributed by atoms with Gasteiger partial charge in [0.05, 0.1) is 0 Å². The van der Waals surface area contributed by atoms with Gasteiger partial charge in [0.25, 0.3) is 0 Å². The first-order chi connectivity index (χ1) is 10.8.